The van der Waals surface area contributed by atoms with E-state index in [4.69, 9.17) is 5.73 Å². The molecule has 0 radical (unpaired) electrons. The molecular weight excluding hydrogens is 216 g/mol. The van der Waals surface area contributed by atoms with Crippen LogP contribution in [-0.4, -0.2) is 25.0 Å². The van der Waals surface area contributed by atoms with Crippen LogP contribution in [-0.2, 0) is 0 Å². The molecule has 0 aliphatic heterocycles. The molecule has 1 aromatic heterocycles. The van der Waals surface area contributed by atoms with Gasteiger partial charge in [-0.3, -0.25) is 4.90 Å². The van der Waals surface area contributed by atoms with E-state index in [0.29, 0.717) is 12.0 Å². The predicted octanol–water partition coefficient (Wildman–Crippen LogP) is 3.12. The maximum Gasteiger partial charge on any atom is 0.0410 e. The maximum absolute atomic E-state index is 5.61. The molecule has 1 aromatic rings. The van der Waals surface area contributed by atoms with Crippen LogP contribution >= 0.6 is 11.3 Å². The summed E-state index contributed by atoms with van der Waals surface area (Å²) in [6, 6.07) is 4.88. The number of nitrogens with zero attached hydrogens (tertiary/aromatic N) is 1. The number of hydrogen-bond acceptors (Lipinski definition) is 3. The Kier molecular flexibility index (Phi) is 6.03. The normalized spacial score (nSPS) is 15.3. The summed E-state index contributed by atoms with van der Waals surface area (Å²) in [6.07, 6.45) is 2.47. The van der Waals surface area contributed by atoms with E-state index in [9.17, 15) is 0 Å². The van der Waals surface area contributed by atoms with E-state index < -0.39 is 0 Å². The van der Waals surface area contributed by atoms with E-state index in [1.165, 1.54) is 17.7 Å². The first-order chi connectivity index (χ1) is 7.65. The molecule has 92 valence electrons. The Hall–Kier alpha value is -0.380. The van der Waals surface area contributed by atoms with Crippen molar-refractivity contribution in [3.8, 4) is 0 Å². The Morgan fingerprint density at radius 1 is 1.44 bits per heavy atom. The first kappa shape index (κ1) is 13.7. The van der Waals surface area contributed by atoms with Gasteiger partial charge in [-0.25, -0.2) is 0 Å². The Balaban J connectivity index is 2.27. The standard InChI is InChI=1S/C13H24N2S/c1-11(10-14)6-4-8-15(3)12(2)13-7-5-9-16-13/h5,7,9,11-12H,4,6,8,10,14H2,1-3H3. The summed E-state index contributed by atoms with van der Waals surface area (Å²) in [6.45, 7) is 6.47. The van der Waals surface area contributed by atoms with Gasteiger partial charge < -0.3 is 5.73 Å². The third-order valence-corrected chi connectivity index (χ3v) is 4.27. The van der Waals surface area contributed by atoms with Crippen LogP contribution in [0.5, 0.6) is 0 Å². The molecule has 1 heterocycles. The van der Waals surface area contributed by atoms with Crippen LogP contribution in [0.4, 0.5) is 0 Å². The summed E-state index contributed by atoms with van der Waals surface area (Å²) in [5.74, 6) is 0.658. The van der Waals surface area contributed by atoms with Crippen LogP contribution in [0, 0.1) is 5.92 Å². The molecule has 0 aliphatic carbocycles. The van der Waals surface area contributed by atoms with Gasteiger partial charge in [0.1, 0.15) is 0 Å². The zero-order chi connectivity index (χ0) is 12.0. The van der Waals surface area contributed by atoms with Gasteiger partial charge in [0.05, 0.1) is 0 Å². The fourth-order valence-corrected chi connectivity index (χ4v) is 2.60. The minimum atomic E-state index is 0.535. The summed E-state index contributed by atoms with van der Waals surface area (Å²) in [4.78, 5) is 3.88. The molecule has 2 atom stereocenters. The first-order valence-corrected chi connectivity index (χ1v) is 6.96. The molecule has 0 saturated carbocycles. The van der Waals surface area contributed by atoms with Crippen molar-refractivity contribution in [2.75, 3.05) is 20.1 Å². The zero-order valence-corrected chi connectivity index (χ0v) is 11.5. The van der Waals surface area contributed by atoms with Crippen LogP contribution < -0.4 is 5.73 Å². The van der Waals surface area contributed by atoms with Gasteiger partial charge in [0, 0.05) is 10.9 Å². The lowest BCUT2D eigenvalue weighted by atomic mass is 10.1. The van der Waals surface area contributed by atoms with Crippen molar-refractivity contribution >= 4 is 11.3 Å². The third-order valence-electron chi connectivity index (χ3n) is 3.23. The van der Waals surface area contributed by atoms with Gasteiger partial charge in [0.2, 0.25) is 0 Å². The maximum atomic E-state index is 5.61. The highest BCUT2D eigenvalue weighted by atomic mass is 32.1. The molecule has 2 N–H and O–H groups in total. The fraction of sp³-hybridized carbons (Fsp3) is 0.692. The van der Waals surface area contributed by atoms with Crippen LogP contribution in [0.15, 0.2) is 17.5 Å². The van der Waals surface area contributed by atoms with Crippen molar-refractivity contribution in [3.05, 3.63) is 22.4 Å². The smallest absolute Gasteiger partial charge is 0.0410 e. The van der Waals surface area contributed by atoms with Crippen molar-refractivity contribution in [2.45, 2.75) is 32.7 Å². The molecule has 0 aromatic carbocycles. The van der Waals surface area contributed by atoms with E-state index in [1.54, 1.807) is 0 Å². The van der Waals surface area contributed by atoms with Crippen molar-refractivity contribution in [1.82, 2.24) is 4.90 Å². The van der Waals surface area contributed by atoms with Gasteiger partial charge in [0.15, 0.2) is 0 Å². The van der Waals surface area contributed by atoms with E-state index in [2.05, 4.69) is 43.3 Å². The Morgan fingerprint density at radius 3 is 2.75 bits per heavy atom. The van der Waals surface area contributed by atoms with Gasteiger partial charge in [-0.05, 0) is 57.3 Å². The van der Waals surface area contributed by atoms with E-state index in [1.807, 2.05) is 11.3 Å². The third kappa shape index (κ3) is 4.24. The van der Waals surface area contributed by atoms with Crippen LogP contribution in [0.3, 0.4) is 0 Å². The monoisotopic (exact) mass is 240 g/mol. The van der Waals surface area contributed by atoms with Crippen molar-refractivity contribution < 1.29 is 0 Å². The Labute approximate surface area is 103 Å². The van der Waals surface area contributed by atoms with Crippen molar-refractivity contribution in [1.29, 1.82) is 0 Å². The van der Waals surface area contributed by atoms with Gasteiger partial charge >= 0.3 is 0 Å². The summed E-state index contributed by atoms with van der Waals surface area (Å²) in [7, 11) is 2.21. The van der Waals surface area contributed by atoms with Crippen molar-refractivity contribution in [3.63, 3.8) is 0 Å². The Morgan fingerprint density at radius 2 is 2.19 bits per heavy atom. The predicted molar refractivity (Wildman–Crippen MR) is 72.8 cm³/mol. The summed E-state index contributed by atoms with van der Waals surface area (Å²) in [5, 5.41) is 2.15. The molecule has 0 bridgehead atoms. The average molecular weight is 240 g/mol. The number of hydrogen-bond donors (Lipinski definition) is 1. The van der Waals surface area contributed by atoms with Crippen LogP contribution in [0.2, 0.25) is 0 Å². The number of thiophene rings is 1. The second-order valence-electron chi connectivity index (χ2n) is 4.66. The quantitative estimate of drug-likeness (QED) is 0.793. The van der Waals surface area contributed by atoms with Crippen molar-refractivity contribution in [2.24, 2.45) is 11.7 Å². The lowest BCUT2D eigenvalue weighted by molar-refractivity contribution is 0.254. The Bertz CT molecular complexity index is 271. The molecule has 1 rings (SSSR count). The number of rotatable bonds is 7. The van der Waals surface area contributed by atoms with Gasteiger partial charge in [-0.2, -0.15) is 0 Å². The minimum Gasteiger partial charge on any atom is -0.330 e. The zero-order valence-electron chi connectivity index (χ0n) is 10.6. The second kappa shape index (κ2) is 7.05. The molecule has 2 unspecified atom stereocenters. The van der Waals surface area contributed by atoms with Gasteiger partial charge in [-0.1, -0.05) is 13.0 Å². The lowest BCUT2D eigenvalue weighted by Gasteiger charge is -2.24. The molecule has 0 spiro atoms. The highest BCUT2D eigenvalue weighted by Gasteiger charge is 2.12. The van der Waals surface area contributed by atoms with E-state index in [-0.39, 0.29) is 0 Å². The lowest BCUT2D eigenvalue weighted by Crippen LogP contribution is -2.23. The van der Waals surface area contributed by atoms with Gasteiger partial charge in [0.25, 0.3) is 0 Å². The minimum absolute atomic E-state index is 0.535. The van der Waals surface area contributed by atoms with Gasteiger partial charge in [-0.15, -0.1) is 11.3 Å². The SMILES string of the molecule is CC(CN)CCCN(C)C(C)c1cccs1. The topological polar surface area (TPSA) is 29.3 Å². The van der Waals surface area contributed by atoms with E-state index >= 15 is 0 Å². The molecule has 0 fully saturated rings. The number of nitrogens with two attached hydrogens (primary N) is 1. The average Bonchev–Trinajstić information content (AvgIpc) is 2.81. The highest BCUT2D eigenvalue weighted by molar-refractivity contribution is 7.10. The van der Waals surface area contributed by atoms with Crippen LogP contribution in [0.1, 0.15) is 37.6 Å². The molecule has 0 aliphatic rings. The van der Waals surface area contributed by atoms with Crippen LogP contribution in [0.25, 0.3) is 0 Å². The molecule has 3 heteroatoms. The summed E-state index contributed by atoms with van der Waals surface area (Å²) in [5.41, 5.74) is 5.61. The largest absolute Gasteiger partial charge is 0.330 e. The molecule has 16 heavy (non-hydrogen) atoms. The summed E-state index contributed by atoms with van der Waals surface area (Å²) >= 11 is 1.84. The molecule has 0 saturated heterocycles. The second-order valence-corrected chi connectivity index (χ2v) is 5.63. The molecule has 0 amide bonds. The summed E-state index contributed by atoms with van der Waals surface area (Å²) < 4.78 is 0. The highest BCUT2D eigenvalue weighted by Crippen LogP contribution is 2.23. The first-order valence-electron chi connectivity index (χ1n) is 6.08. The molecule has 2 nitrogen and oxygen atoms in total. The van der Waals surface area contributed by atoms with E-state index in [0.717, 1.165) is 13.1 Å². The fourth-order valence-electron chi connectivity index (χ4n) is 1.75. The molecular formula is C13H24N2S.